The first-order valence-electron chi connectivity index (χ1n) is 8.69. The third kappa shape index (κ3) is 3.70. The average molecular weight is 376 g/mol. The largest absolute Gasteiger partial charge is 0.508 e. The molecule has 0 aliphatic carbocycles. The molecule has 1 heterocycles. The lowest BCUT2D eigenvalue weighted by Crippen LogP contribution is -2.63. The van der Waals surface area contributed by atoms with Crippen LogP contribution in [0.3, 0.4) is 0 Å². The number of hydrogen-bond donors (Lipinski definition) is 6. The predicted molar refractivity (Wildman–Crippen MR) is 96.0 cm³/mol. The fraction of sp³-hybridized carbons (Fsp3) is 0.400. The molecular formula is C20H24O7. The summed E-state index contributed by atoms with van der Waals surface area (Å²) >= 11 is 0. The van der Waals surface area contributed by atoms with Crippen molar-refractivity contribution in [2.45, 2.75) is 43.5 Å². The molecule has 0 amide bonds. The minimum absolute atomic E-state index is 0.167. The van der Waals surface area contributed by atoms with E-state index in [0.29, 0.717) is 6.42 Å². The SMILES string of the molecule is Cc1ccc([C@@]2(O)O[C@H](CO)[C@@H](O)[C@H](O)[C@H]2O)cc1Cc1ccc(O)cc1. The van der Waals surface area contributed by atoms with Gasteiger partial charge < -0.3 is 35.4 Å². The van der Waals surface area contributed by atoms with Crippen molar-refractivity contribution >= 4 is 0 Å². The van der Waals surface area contributed by atoms with Crippen LogP contribution in [-0.2, 0) is 16.9 Å². The molecule has 0 unspecified atom stereocenters. The molecule has 2 aromatic carbocycles. The number of aliphatic hydroxyl groups excluding tert-OH is 4. The van der Waals surface area contributed by atoms with Gasteiger partial charge in [0.15, 0.2) is 0 Å². The van der Waals surface area contributed by atoms with Crippen LogP contribution in [0, 0.1) is 6.92 Å². The smallest absolute Gasteiger partial charge is 0.222 e. The van der Waals surface area contributed by atoms with E-state index in [1.54, 1.807) is 42.5 Å². The number of phenolic OH excluding ortho intramolecular Hbond substituents is 1. The molecule has 3 rings (SSSR count). The van der Waals surface area contributed by atoms with Crippen LogP contribution >= 0.6 is 0 Å². The molecule has 0 saturated carbocycles. The van der Waals surface area contributed by atoms with E-state index in [1.807, 2.05) is 6.92 Å². The van der Waals surface area contributed by atoms with Crippen molar-refractivity contribution in [3.8, 4) is 5.75 Å². The lowest BCUT2D eigenvalue weighted by atomic mass is 9.86. The Kier molecular flexibility index (Phi) is 5.53. The van der Waals surface area contributed by atoms with E-state index in [0.717, 1.165) is 16.7 Å². The van der Waals surface area contributed by atoms with Crippen molar-refractivity contribution < 1.29 is 35.4 Å². The van der Waals surface area contributed by atoms with E-state index in [4.69, 9.17) is 4.74 Å². The highest BCUT2D eigenvalue weighted by Crippen LogP contribution is 2.37. The molecule has 7 heteroatoms. The Morgan fingerprint density at radius 3 is 2.30 bits per heavy atom. The van der Waals surface area contributed by atoms with Gasteiger partial charge in [0.05, 0.1) is 6.61 Å². The van der Waals surface area contributed by atoms with E-state index in [-0.39, 0.29) is 11.3 Å². The minimum atomic E-state index is -2.27. The van der Waals surface area contributed by atoms with Crippen LogP contribution in [0.2, 0.25) is 0 Å². The topological polar surface area (TPSA) is 131 Å². The number of ether oxygens (including phenoxy) is 1. The maximum absolute atomic E-state index is 10.9. The van der Waals surface area contributed by atoms with Crippen molar-refractivity contribution in [3.05, 3.63) is 64.7 Å². The molecule has 6 N–H and O–H groups in total. The normalized spacial score (nSPS) is 31.0. The van der Waals surface area contributed by atoms with Gasteiger partial charge in [-0.2, -0.15) is 0 Å². The van der Waals surface area contributed by atoms with Crippen LogP contribution in [0.15, 0.2) is 42.5 Å². The molecule has 0 radical (unpaired) electrons. The second kappa shape index (κ2) is 7.55. The molecule has 2 aromatic rings. The van der Waals surface area contributed by atoms with Crippen LogP contribution in [-0.4, -0.2) is 61.7 Å². The molecule has 1 aliphatic heterocycles. The van der Waals surface area contributed by atoms with Gasteiger partial charge in [0.25, 0.3) is 0 Å². The molecule has 7 nitrogen and oxygen atoms in total. The number of phenols is 1. The Morgan fingerprint density at radius 2 is 1.67 bits per heavy atom. The maximum Gasteiger partial charge on any atom is 0.222 e. The van der Waals surface area contributed by atoms with Crippen molar-refractivity contribution in [1.82, 2.24) is 0 Å². The van der Waals surface area contributed by atoms with Crippen molar-refractivity contribution in [2.75, 3.05) is 6.61 Å². The molecule has 146 valence electrons. The summed E-state index contributed by atoms with van der Waals surface area (Å²) in [6, 6.07) is 11.7. The standard InChI is InChI=1S/C20H24O7/c1-11-2-5-14(9-13(11)8-12-3-6-15(22)7-4-12)20(26)19(25)18(24)17(23)16(10-21)27-20/h2-7,9,16-19,21-26H,8,10H2,1H3/t16-,17-,18+,19-,20-/m1/s1. The zero-order valence-electron chi connectivity index (χ0n) is 14.9. The predicted octanol–water partition coefficient (Wildman–Crippen LogP) is -0.0897. The average Bonchev–Trinajstić information content (AvgIpc) is 2.66. The first-order chi connectivity index (χ1) is 12.8. The second-order valence-corrected chi connectivity index (χ2v) is 6.95. The third-order valence-electron chi connectivity index (χ3n) is 5.06. The van der Waals surface area contributed by atoms with E-state index in [9.17, 15) is 30.6 Å². The van der Waals surface area contributed by atoms with Gasteiger partial charge in [-0.25, -0.2) is 0 Å². The summed E-state index contributed by atoms with van der Waals surface area (Å²) in [5.41, 5.74) is 2.94. The van der Waals surface area contributed by atoms with Gasteiger partial charge in [0.2, 0.25) is 5.79 Å². The number of rotatable bonds is 4. The Balaban J connectivity index is 1.95. The van der Waals surface area contributed by atoms with Crippen LogP contribution < -0.4 is 0 Å². The fourth-order valence-corrected chi connectivity index (χ4v) is 3.31. The molecule has 0 spiro atoms. The fourth-order valence-electron chi connectivity index (χ4n) is 3.31. The zero-order valence-corrected chi connectivity index (χ0v) is 14.9. The van der Waals surface area contributed by atoms with E-state index >= 15 is 0 Å². The number of benzene rings is 2. The minimum Gasteiger partial charge on any atom is -0.508 e. The highest BCUT2D eigenvalue weighted by molar-refractivity contribution is 5.38. The first-order valence-corrected chi connectivity index (χ1v) is 8.69. The zero-order chi connectivity index (χ0) is 19.8. The lowest BCUT2D eigenvalue weighted by Gasteiger charge is -2.45. The number of aromatic hydroxyl groups is 1. The van der Waals surface area contributed by atoms with Gasteiger partial charge in [-0.05, 0) is 48.2 Å². The summed E-state index contributed by atoms with van der Waals surface area (Å²) in [6.45, 7) is 1.27. The summed E-state index contributed by atoms with van der Waals surface area (Å²) in [4.78, 5) is 0. The highest BCUT2D eigenvalue weighted by Gasteiger charge is 2.53. The van der Waals surface area contributed by atoms with Crippen LogP contribution in [0.25, 0.3) is 0 Å². The van der Waals surface area contributed by atoms with Crippen LogP contribution in [0.4, 0.5) is 0 Å². The van der Waals surface area contributed by atoms with Gasteiger partial charge in [-0.15, -0.1) is 0 Å². The van der Waals surface area contributed by atoms with Crippen molar-refractivity contribution in [1.29, 1.82) is 0 Å². The molecular weight excluding hydrogens is 352 g/mol. The lowest BCUT2D eigenvalue weighted by molar-refractivity contribution is -0.357. The van der Waals surface area contributed by atoms with Crippen LogP contribution in [0.1, 0.15) is 22.3 Å². The second-order valence-electron chi connectivity index (χ2n) is 6.95. The number of aliphatic hydroxyl groups is 5. The highest BCUT2D eigenvalue weighted by atomic mass is 16.7. The monoisotopic (exact) mass is 376 g/mol. The Bertz CT molecular complexity index is 789. The Labute approximate surface area is 156 Å². The molecule has 1 fully saturated rings. The van der Waals surface area contributed by atoms with Crippen molar-refractivity contribution in [3.63, 3.8) is 0 Å². The van der Waals surface area contributed by atoms with E-state index in [1.165, 1.54) is 0 Å². The summed E-state index contributed by atoms with van der Waals surface area (Å²) < 4.78 is 5.38. The number of aryl methyl sites for hydroxylation is 1. The Hall–Kier alpha value is -2.00. The molecule has 0 aromatic heterocycles. The van der Waals surface area contributed by atoms with Gasteiger partial charge >= 0.3 is 0 Å². The van der Waals surface area contributed by atoms with Crippen LogP contribution in [0.5, 0.6) is 5.75 Å². The van der Waals surface area contributed by atoms with Crippen molar-refractivity contribution in [2.24, 2.45) is 0 Å². The molecule has 5 atom stereocenters. The third-order valence-corrected chi connectivity index (χ3v) is 5.06. The summed E-state index contributed by atoms with van der Waals surface area (Å²) in [5, 5.41) is 59.9. The molecule has 0 bridgehead atoms. The summed E-state index contributed by atoms with van der Waals surface area (Å²) in [5.74, 6) is -2.11. The molecule has 27 heavy (non-hydrogen) atoms. The van der Waals surface area contributed by atoms with Gasteiger partial charge in [-0.1, -0.05) is 24.3 Å². The summed E-state index contributed by atoms with van der Waals surface area (Å²) in [7, 11) is 0. The number of hydrogen-bond acceptors (Lipinski definition) is 7. The maximum atomic E-state index is 10.9. The Morgan fingerprint density at radius 1 is 1.00 bits per heavy atom. The first kappa shape index (κ1) is 19.8. The van der Waals surface area contributed by atoms with Gasteiger partial charge in [0, 0.05) is 5.56 Å². The van der Waals surface area contributed by atoms with Gasteiger partial charge in [0.1, 0.15) is 30.2 Å². The molecule has 1 saturated heterocycles. The van der Waals surface area contributed by atoms with Gasteiger partial charge in [-0.3, -0.25) is 0 Å². The van der Waals surface area contributed by atoms with E-state index < -0.39 is 36.8 Å². The summed E-state index contributed by atoms with van der Waals surface area (Å²) in [6.07, 6.45) is -5.72. The quantitative estimate of drug-likeness (QED) is 0.440. The van der Waals surface area contributed by atoms with E-state index in [2.05, 4.69) is 0 Å². The molecule has 1 aliphatic rings.